The molecule has 0 aromatic heterocycles. The van der Waals surface area contributed by atoms with Gasteiger partial charge in [0.2, 0.25) is 0 Å². The minimum Gasteiger partial charge on any atom is -0.379 e. The van der Waals surface area contributed by atoms with E-state index in [1.807, 2.05) is 23.1 Å². The van der Waals surface area contributed by atoms with Crippen molar-refractivity contribution in [2.24, 2.45) is 5.41 Å². The zero-order chi connectivity index (χ0) is 14.8. The molecule has 0 bridgehead atoms. The Hall–Kier alpha value is -1.55. The molecule has 2 rings (SSSR count). The number of para-hydroxylation sites is 1. The predicted octanol–water partition coefficient (Wildman–Crippen LogP) is 2.82. The molecule has 1 atom stereocenters. The van der Waals surface area contributed by atoms with Crippen LogP contribution in [0.15, 0.2) is 24.3 Å². The lowest BCUT2D eigenvalue weighted by Crippen LogP contribution is -2.45. The summed E-state index contributed by atoms with van der Waals surface area (Å²) in [4.78, 5) is 14.1. The lowest BCUT2D eigenvalue weighted by Gasteiger charge is -2.30. The Bertz CT molecular complexity index is 480. The monoisotopic (exact) mass is 276 g/mol. The van der Waals surface area contributed by atoms with Crippen molar-refractivity contribution < 1.29 is 9.53 Å². The van der Waals surface area contributed by atoms with Gasteiger partial charge in [-0.1, -0.05) is 39.0 Å². The summed E-state index contributed by atoms with van der Waals surface area (Å²) < 4.78 is 5.46. The minimum atomic E-state index is -0.0405. The van der Waals surface area contributed by atoms with E-state index in [9.17, 15) is 4.79 Å². The molecule has 1 heterocycles. The van der Waals surface area contributed by atoms with Crippen molar-refractivity contribution in [1.82, 2.24) is 5.32 Å². The van der Waals surface area contributed by atoms with Gasteiger partial charge in [0.1, 0.15) is 0 Å². The van der Waals surface area contributed by atoms with Crippen molar-refractivity contribution in [3.63, 3.8) is 0 Å². The van der Waals surface area contributed by atoms with Crippen molar-refractivity contribution in [3.05, 3.63) is 29.8 Å². The highest BCUT2D eigenvalue weighted by atomic mass is 16.5. The van der Waals surface area contributed by atoms with E-state index in [1.165, 1.54) is 5.56 Å². The number of carbonyl (C=O) groups is 1. The van der Waals surface area contributed by atoms with Crippen LogP contribution >= 0.6 is 0 Å². The number of benzene rings is 1. The van der Waals surface area contributed by atoms with Gasteiger partial charge >= 0.3 is 6.03 Å². The summed E-state index contributed by atoms with van der Waals surface area (Å²) in [6.45, 7) is 7.60. The minimum absolute atomic E-state index is 0.00398. The number of nitrogens with one attached hydrogen (secondary N) is 1. The lowest BCUT2D eigenvalue weighted by molar-refractivity contribution is 0.0195. The average Bonchev–Trinajstić information content (AvgIpc) is 2.81. The molecule has 1 aromatic rings. The maximum atomic E-state index is 12.3. The fourth-order valence-corrected chi connectivity index (χ4v) is 2.57. The van der Waals surface area contributed by atoms with E-state index in [0.717, 1.165) is 18.7 Å². The Kier molecular flexibility index (Phi) is 4.33. The molecule has 0 spiro atoms. The van der Waals surface area contributed by atoms with E-state index < -0.39 is 0 Å². The van der Waals surface area contributed by atoms with E-state index in [-0.39, 0.29) is 17.6 Å². The Balaban J connectivity index is 1.97. The second kappa shape index (κ2) is 5.83. The molecular weight excluding hydrogens is 252 g/mol. The summed E-state index contributed by atoms with van der Waals surface area (Å²) in [5, 5.41) is 2.99. The summed E-state index contributed by atoms with van der Waals surface area (Å²) in [6.07, 6.45) is 0.931. The molecule has 1 aromatic carbocycles. The highest BCUT2D eigenvalue weighted by Gasteiger charge is 2.28. The first-order valence-corrected chi connectivity index (χ1v) is 7.09. The largest absolute Gasteiger partial charge is 0.379 e. The van der Waals surface area contributed by atoms with Crippen LogP contribution in [0.3, 0.4) is 0 Å². The molecule has 1 N–H and O–H groups in total. The molecule has 0 saturated carbocycles. The Morgan fingerprint density at radius 1 is 1.40 bits per heavy atom. The highest BCUT2D eigenvalue weighted by molar-refractivity contribution is 5.94. The quantitative estimate of drug-likeness (QED) is 0.922. The molecule has 20 heavy (non-hydrogen) atoms. The molecule has 0 aliphatic carbocycles. The lowest BCUT2D eigenvalue weighted by atomic mass is 9.89. The van der Waals surface area contributed by atoms with Crippen LogP contribution < -0.4 is 10.2 Å². The summed E-state index contributed by atoms with van der Waals surface area (Å²) >= 11 is 0. The van der Waals surface area contributed by atoms with Gasteiger partial charge in [0.15, 0.2) is 0 Å². The zero-order valence-corrected chi connectivity index (χ0v) is 12.8. The summed E-state index contributed by atoms with van der Waals surface area (Å²) in [6, 6.07) is 8.02. The van der Waals surface area contributed by atoms with Gasteiger partial charge in [0, 0.05) is 25.9 Å². The second-order valence-corrected chi connectivity index (χ2v) is 6.31. The van der Waals surface area contributed by atoms with E-state index in [4.69, 9.17) is 4.74 Å². The molecular formula is C16H24N2O2. The maximum Gasteiger partial charge on any atom is 0.321 e. The fraction of sp³-hybridized carbons (Fsp3) is 0.562. The number of rotatable bonds is 3. The fourth-order valence-electron chi connectivity index (χ4n) is 2.57. The van der Waals surface area contributed by atoms with E-state index in [1.54, 1.807) is 7.11 Å². The molecule has 2 amide bonds. The van der Waals surface area contributed by atoms with Gasteiger partial charge in [0.25, 0.3) is 0 Å². The molecule has 0 radical (unpaired) electrons. The number of nitrogens with zero attached hydrogens (tertiary/aromatic N) is 1. The van der Waals surface area contributed by atoms with Crippen molar-refractivity contribution >= 4 is 11.7 Å². The summed E-state index contributed by atoms with van der Waals surface area (Å²) in [7, 11) is 1.69. The third-order valence-electron chi connectivity index (χ3n) is 3.82. The standard InChI is InChI=1S/C16H24N2O2/c1-16(2,3)14(20-4)11-17-15(19)18-10-9-12-7-5-6-8-13(12)18/h5-8,14H,9-11H2,1-4H3,(H,17,19)/t14-/m0/s1. The average molecular weight is 276 g/mol. The zero-order valence-electron chi connectivity index (χ0n) is 12.8. The van der Waals surface area contributed by atoms with Crippen LogP contribution in [0.4, 0.5) is 10.5 Å². The number of anilines is 1. The first kappa shape index (κ1) is 14.9. The normalized spacial score (nSPS) is 15.9. The Morgan fingerprint density at radius 2 is 2.10 bits per heavy atom. The van der Waals surface area contributed by atoms with Crippen molar-refractivity contribution in [2.45, 2.75) is 33.3 Å². The number of urea groups is 1. The van der Waals surface area contributed by atoms with Crippen LogP contribution in [0.5, 0.6) is 0 Å². The van der Waals surface area contributed by atoms with Crippen molar-refractivity contribution in [2.75, 3.05) is 25.1 Å². The number of ether oxygens (including phenoxy) is 1. The van der Waals surface area contributed by atoms with E-state index in [0.29, 0.717) is 6.54 Å². The van der Waals surface area contributed by atoms with Crippen LogP contribution in [0.2, 0.25) is 0 Å². The van der Waals surface area contributed by atoms with Crippen LogP contribution in [-0.4, -0.2) is 32.3 Å². The van der Waals surface area contributed by atoms with E-state index >= 15 is 0 Å². The molecule has 4 nitrogen and oxygen atoms in total. The van der Waals surface area contributed by atoms with E-state index in [2.05, 4.69) is 32.2 Å². The number of hydrogen-bond donors (Lipinski definition) is 1. The number of methoxy groups -OCH3 is 1. The third kappa shape index (κ3) is 3.12. The Labute approximate surface area is 121 Å². The van der Waals surface area contributed by atoms with Gasteiger partial charge in [-0.2, -0.15) is 0 Å². The summed E-state index contributed by atoms with van der Waals surface area (Å²) in [5.74, 6) is 0. The van der Waals surface area contributed by atoms with Gasteiger partial charge in [-0.15, -0.1) is 0 Å². The van der Waals surface area contributed by atoms with Crippen LogP contribution in [0.1, 0.15) is 26.3 Å². The van der Waals surface area contributed by atoms with Crippen LogP contribution in [-0.2, 0) is 11.2 Å². The highest BCUT2D eigenvalue weighted by Crippen LogP contribution is 2.27. The number of amides is 2. The third-order valence-corrected chi connectivity index (χ3v) is 3.82. The molecule has 0 saturated heterocycles. The van der Waals surface area contributed by atoms with Crippen LogP contribution in [0.25, 0.3) is 0 Å². The number of hydrogen-bond acceptors (Lipinski definition) is 2. The SMILES string of the molecule is CO[C@@H](CNC(=O)N1CCc2ccccc21)C(C)(C)C. The summed E-state index contributed by atoms with van der Waals surface area (Å²) in [5.41, 5.74) is 2.27. The molecule has 1 aliphatic rings. The second-order valence-electron chi connectivity index (χ2n) is 6.31. The van der Waals surface area contributed by atoms with Gasteiger partial charge in [0.05, 0.1) is 6.10 Å². The molecule has 0 fully saturated rings. The van der Waals surface area contributed by atoms with Gasteiger partial charge in [-0.3, -0.25) is 4.90 Å². The van der Waals surface area contributed by atoms with Crippen molar-refractivity contribution in [3.8, 4) is 0 Å². The molecule has 4 heteroatoms. The predicted molar refractivity (Wildman–Crippen MR) is 81.1 cm³/mol. The van der Waals surface area contributed by atoms with Crippen molar-refractivity contribution in [1.29, 1.82) is 0 Å². The van der Waals surface area contributed by atoms with Gasteiger partial charge < -0.3 is 10.1 Å². The first-order chi connectivity index (χ1) is 9.43. The topological polar surface area (TPSA) is 41.6 Å². The smallest absolute Gasteiger partial charge is 0.321 e. The maximum absolute atomic E-state index is 12.3. The van der Waals surface area contributed by atoms with Gasteiger partial charge in [-0.05, 0) is 23.5 Å². The van der Waals surface area contributed by atoms with Crippen LogP contribution in [0, 0.1) is 5.41 Å². The number of fused-ring (bicyclic) bond motifs is 1. The molecule has 0 unspecified atom stereocenters. The Morgan fingerprint density at radius 3 is 2.75 bits per heavy atom. The van der Waals surface area contributed by atoms with Gasteiger partial charge in [-0.25, -0.2) is 4.79 Å². The molecule has 1 aliphatic heterocycles. The first-order valence-electron chi connectivity index (χ1n) is 7.09. The number of carbonyl (C=O) groups excluding carboxylic acids is 1. The molecule has 110 valence electrons.